The smallest absolute Gasteiger partial charge is 0.251 e. The van der Waals surface area contributed by atoms with Crippen molar-refractivity contribution in [2.45, 2.75) is 6.54 Å². The van der Waals surface area contributed by atoms with E-state index in [0.717, 1.165) is 16.5 Å². The molecule has 0 aliphatic rings. The van der Waals surface area contributed by atoms with Gasteiger partial charge in [-0.25, -0.2) is 0 Å². The van der Waals surface area contributed by atoms with Crippen LogP contribution in [0.3, 0.4) is 0 Å². The van der Waals surface area contributed by atoms with Crippen molar-refractivity contribution in [1.82, 2.24) is 15.6 Å². The topological polar surface area (TPSA) is 71.1 Å². The molecule has 0 saturated heterocycles. The van der Waals surface area contributed by atoms with E-state index in [9.17, 15) is 9.59 Å². The number of benzene rings is 2. The van der Waals surface area contributed by atoms with Crippen LogP contribution in [0.2, 0.25) is 0 Å². The molecule has 5 nitrogen and oxygen atoms in total. The summed E-state index contributed by atoms with van der Waals surface area (Å²) in [5, 5.41) is 6.40. The molecule has 0 saturated carbocycles. The highest BCUT2D eigenvalue weighted by Crippen LogP contribution is 2.12. The molecule has 0 unspecified atom stereocenters. The number of hydrogen-bond donors (Lipinski definition) is 2. The third-order valence-electron chi connectivity index (χ3n) is 3.58. The molecule has 120 valence electrons. The molecular formula is C19H17N3O2. The van der Waals surface area contributed by atoms with Gasteiger partial charge in [-0.15, -0.1) is 0 Å². The molecule has 0 atom stereocenters. The highest BCUT2D eigenvalue weighted by Gasteiger charge is 2.07. The van der Waals surface area contributed by atoms with Crippen molar-refractivity contribution in [3.8, 4) is 0 Å². The number of carbonyl (C=O) groups excluding carboxylic acids is 2. The average Bonchev–Trinajstić information content (AvgIpc) is 2.65. The van der Waals surface area contributed by atoms with Gasteiger partial charge in [0.2, 0.25) is 5.91 Å². The first-order chi connectivity index (χ1) is 11.7. The highest BCUT2D eigenvalue weighted by molar-refractivity contribution is 5.96. The number of nitrogens with one attached hydrogen (secondary N) is 2. The van der Waals surface area contributed by atoms with Gasteiger partial charge in [-0.1, -0.05) is 36.4 Å². The Morgan fingerprint density at radius 2 is 1.67 bits per heavy atom. The number of nitrogens with zero attached hydrogens (tertiary/aromatic N) is 1. The molecule has 3 rings (SSSR count). The van der Waals surface area contributed by atoms with E-state index in [2.05, 4.69) is 15.6 Å². The normalized spacial score (nSPS) is 10.3. The van der Waals surface area contributed by atoms with E-state index in [1.807, 2.05) is 36.4 Å². The van der Waals surface area contributed by atoms with Crippen molar-refractivity contribution < 1.29 is 9.59 Å². The maximum Gasteiger partial charge on any atom is 0.251 e. The lowest BCUT2D eigenvalue weighted by atomic mass is 10.1. The predicted molar refractivity (Wildman–Crippen MR) is 92.4 cm³/mol. The molecule has 0 bridgehead atoms. The average molecular weight is 319 g/mol. The minimum absolute atomic E-state index is 0.0608. The SMILES string of the molecule is O=C(CNC(=O)c1ccccc1)NCc1cnc2ccccc2c1. The lowest BCUT2D eigenvalue weighted by molar-refractivity contribution is -0.120. The highest BCUT2D eigenvalue weighted by atomic mass is 16.2. The quantitative estimate of drug-likeness (QED) is 0.758. The Hall–Kier alpha value is -3.21. The molecule has 5 heteroatoms. The van der Waals surface area contributed by atoms with Crippen LogP contribution in [0.5, 0.6) is 0 Å². The van der Waals surface area contributed by atoms with Gasteiger partial charge in [0.25, 0.3) is 5.91 Å². The number of pyridine rings is 1. The second-order valence-electron chi connectivity index (χ2n) is 5.36. The van der Waals surface area contributed by atoms with Gasteiger partial charge < -0.3 is 10.6 Å². The van der Waals surface area contributed by atoms with Crippen LogP contribution < -0.4 is 10.6 Å². The fourth-order valence-corrected chi connectivity index (χ4v) is 2.33. The number of para-hydroxylation sites is 1. The van der Waals surface area contributed by atoms with Crippen LogP contribution in [0.4, 0.5) is 0 Å². The summed E-state index contributed by atoms with van der Waals surface area (Å²) in [6, 6.07) is 18.6. The molecule has 0 spiro atoms. The van der Waals surface area contributed by atoms with Crippen LogP contribution >= 0.6 is 0 Å². The summed E-state index contributed by atoms with van der Waals surface area (Å²) < 4.78 is 0. The van der Waals surface area contributed by atoms with Gasteiger partial charge in [-0.2, -0.15) is 0 Å². The second-order valence-corrected chi connectivity index (χ2v) is 5.36. The molecule has 1 aromatic heterocycles. The minimum Gasteiger partial charge on any atom is -0.350 e. The van der Waals surface area contributed by atoms with Crippen molar-refractivity contribution >= 4 is 22.7 Å². The lowest BCUT2D eigenvalue weighted by Gasteiger charge is -2.07. The number of carbonyl (C=O) groups is 2. The van der Waals surface area contributed by atoms with Crippen molar-refractivity contribution in [3.05, 3.63) is 78.0 Å². The van der Waals surface area contributed by atoms with Crippen LogP contribution in [0.25, 0.3) is 10.9 Å². The summed E-state index contributed by atoms with van der Waals surface area (Å²) in [4.78, 5) is 28.1. The number of hydrogen-bond acceptors (Lipinski definition) is 3. The van der Waals surface area contributed by atoms with Crippen molar-refractivity contribution in [2.75, 3.05) is 6.54 Å². The summed E-state index contributed by atoms with van der Waals surface area (Å²) in [7, 11) is 0. The zero-order chi connectivity index (χ0) is 16.8. The zero-order valence-electron chi connectivity index (χ0n) is 13.0. The summed E-state index contributed by atoms with van der Waals surface area (Å²) in [5.41, 5.74) is 2.36. The largest absolute Gasteiger partial charge is 0.350 e. The molecule has 2 N–H and O–H groups in total. The Labute approximate surface area is 139 Å². The van der Waals surface area contributed by atoms with Crippen molar-refractivity contribution in [3.63, 3.8) is 0 Å². The lowest BCUT2D eigenvalue weighted by Crippen LogP contribution is -2.36. The van der Waals surface area contributed by atoms with Crippen molar-refractivity contribution in [1.29, 1.82) is 0 Å². The molecule has 0 fully saturated rings. The van der Waals surface area contributed by atoms with E-state index in [-0.39, 0.29) is 18.4 Å². The fourth-order valence-electron chi connectivity index (χ4n) is 2.33. The van der Waals surface area contributed by atoms with E-state index in [0.29, 0.717) is 12.1 Å². The van der Waals surface area contributed by atoms with Crippen LogP contribution in [0.1, 0.15) is 15.9 Å². The Bertz CT molecular complexity index is 863. The standard InChI is InChI=1S/C19H17N3O2/c23-18(13-22-19(24)15-6-2-1-3-7-15)21-12-14-10-16-8-4-5-9-17(16)20-11-14/h1-11H,12-13H2,(H,21,23)(H,22,24). The van der Waals surface area contributed by atoms with Gasteiger partial charge in [0.1, 0.15) is 0 Å². The number of aromatic nitrogens is 1. The van der Waals surface area contributed by atoms with E-state index in [1.54, 1.807) is 30.5 Å². The first kappa shape index (κ1) is 15.7. The van der Waals surface area contributed by atoms with Gasteiger partial charge in [0.15, 0.2) is 0 Å². The monoisotopic (exact) mass is 319 g/mol. The third kappa shape index (κ3) is 3.95. The minimum atomic E-state index is -0.266. The van der Waals surface area contributed by atoms with Crippen LogP contribution in [-0.2, 0) is 11.3 Å². The van der Waals surface area contributed by atoms with Gasteiger partial charge in [0.05, 0.1) is 12.1 Å². The first-order valence-electron chi connectivity index (χ1n) is 7.66. The fraction of sp³-hybridized carbons (Fsp3) is 0.105. The number of amides is 2. The van der Waals surface area contributed by atoms with Gasteiger partial charge in [0, 0.05) is 23.7 Å². The van der Waals surface area contributed by atoms with E-state index >= 15 is 0 Å². The van der Waals surface area contributed by atoms with E-state index < -0.39 is 0 Å². The second kappa shape index (κ2) is 7.37. The maximum atomic E-state index is 11.9. The Morgan fingerprint density at radius 3 is 2.50 bits per heavy atom. The molecule has 24 heavy (non-hydrogen) atoms. The van der Waals surface area contributed by atoms with Gasteiger partial charge >= 0.3 is 0 Å². The summed E-state index contributed by atoms with van der Waals surface area (Å²) in [6.07, 6.45) is 1.74. The molecule has 0 radical (unpaired) electrons. The summed E-state index contributed by atoms with van der Waals surface area (Å²) >= 11 is 0. The Balaban J connectivity index is 1.50. The first-order valence-corrected chi connectivity index (χ1v) is 7.66. The van der Waals surface area contributed by atoms with E-state index in [1.165, 1.54) is 0 Å². The summed E-state index contributed by atoms with van der Waals surface area (Å²) in [6.45, 7) is 0.312. The number of fused-ring (bicyclic) bond motifs is 1. The molecule has 0 aliphatic heterocycles. The van der Waals surface area contributed by atoms with Crippen molar-refractivity contribution in [2.24, 2.45) is 0 Å². The Morgan fingerprint density at radius 1 is 0.917 bits per heavy atom. The van der Waals surface area contributed by atoms with Gasteiger partial charge in [-0.3, -0.25) is 14.6 Å². The molecule has 2 aromatic carbocycles. The molecule has 1 heterocycles. The predicted octanol–water partition coefficient (Wildman–Crippen LogP) is 2.28. The summed E-state index contributed by atoms with van der Waals surface area (Å²) in [5.74, 6) is -0.509. The number of rotatable bonds is 5. The molecule has 2 amide bonds. The van der Waals surface area contributed by atoms with Crippen LogP contribution in [0, 0.1) is 0 Å². The zero-order valence-corrected chi connectivity index (χ0v) is 13.0. The molecular weight excluding hydrogens is 302 g/mol. The van der Waals surface area contributed by atoms with Crippen LogP contribution in [-0.4, -0.2) is 23.3 Å². The molecule has 0 aliphatic carbocycles. The third-order valence-corrected chi connectivity index (χ3v) is 3.58. The van der Waals surface area contributed by atoms with Crippen LogP contribution in [0.15, 0.2) is 66.9 Å². The Kier molecular flexibility index (Phi) is 4.81. The molecule has 3 aromatic rings. The van der Waals surface area contributed by atoms with E-state index in [4.69, 9.17) is 0 Å². The maximum absolute atomic E-state index is 11.9. The van der Waals surface area contributed by atoms with Gasteiger partial charge in [-0.05, 0) is 29.8 Å².